The van der Waals surface area contributed by atoms with Crippen LogP contribution in [0.25, 0.3) is 0 Å². The SMILES string of the molecule is CC(C)CC(CN)CC(=O)Nc1cccc(F)c1C#N. The molecule has 1 rings (SSSR count). The molecule has 0 saturated carbocycles. The summed E-state index contributed by atoms with van der Waals surface area (Å²) >= 11 is 0. The Morgan fingerprint density at radius 2 is 2.20 bits per heavy atom. The Morgan fingerprint density at radius 1 is 1.50 bits per heavy atom. The second-order valence-electron chi connectivity index (χ2n) is 5.26. The first-order chi connectivity index (χ1) is 9.47. The van der Waals surface area contributed by atoms with Crippen LogP contribution in [0, 0.1) is 29.0 Å². The molecule has 20 heavy (non-hydrogen) atoms. The lowest BCUT2D eigenvalue weighted by Crippen LogP contribution is -2.23. The van der Waals surface area contributed by atoms with E-state index in [1.807, 2.05) is 0 Å². The summed E-state index contributed by atoms with van der Waals surface area (Å²) < 4.78 is 13.4. The Morgan fingerprint density at radius 3 is 2.75 bits per heavy atom. The van der Waals surface area contributed by atoms with E-state index >= 15 is 0 Å². The van der Waals surface area contributed by atoms with E-state index in [0.717, 1.165) is 6.42 Å². The summed E-state index contributed by atoms with van der Waals surface area (Å²) in [6.07, 6.45) is 1.13. The van der Waals surface area contributed by atoms with Crippen molar-refractivity contribution < 1.29 is 9.18 Å². The molecule has 1 unspecified atom stereocenters. The van der Waals surface area contributed by atoms with E-state index in [9.17, 15) is 9.18 Å². The minimum atomic E-state index is -0.636. The molecule has 0 heterocycles. The topological polar surface area (TPSA) is 78.9 Å². The third-order valence-electron chi connectivity index (χ3n) is 3.01. The fourth-order valence-electron chi connectivity index (χ4n) is 2.13. The standard InChI is InChI=1S/C15H20FN3O/c1-10(2)6-11(8-17)7-15(20)19-14-5-3-4-13(16)12(14)9-18/h3-5,10-11H,6-8,17H2,1-2H3,(H,19,20). The Kier molecular flexibility index (Phi) is 6.13. The summed E-state index contributed by atoms with van der Waals surface area (Å²) in [7, 11) is 0. The van der Waals surface area contributed by atoms with Gasteiger partial charge >= 0.3 is 0 Å². The normalized spacial score (nSPS) is 12.0. The van der Waals surface area contributed by atoms with E-state index < -0.39 is 5.82 Å². The lowest BCUT2D eigenvalue weighted by Gasteiger charge is -2.16. The zero-order valence-electron chi connectivity index (χ0n) is 11.8. The van der Waals surface area contributed by atoms with E-state index in [2.05, 4.69) is 19.2 Å². The predicted molar refractivity (Wildman–Crippen MR) is 76.4 cm³/mol. The number of nitriles is 1. The number of amides is 1. The monoisotopic (exact) mass is 277 g/mol. The fourth-order valence-corrected chi connectivity index (χ4v) is 2.13. The van der Waals surface area contributed by atoms with Crippen LogP contribution >= 0.6 is 0 Å². The molecule has 3 N–H and O–H groups in total. The van der Waals surface area contributed by atoms with Crippen molar-refractivity contribution in [3.63, 3.8) is 0 Å². The molecule has 108 valence electrons. The van der Waals surface area contributed by atoms with Crippen molar-refractivity contribution in [2.75, 3.05) is 11.9 Å². The van der Waals surface area contributed by atoms with E-state index in [4.69, 9.17) is 11.0 Å². The van der Waals surface area contributed by atoms with E-state index in [1.165, 1.54) is 18.2 Å². The molecule has 0 aliphatic carbocycles. The molecule has 1 aromatic carbocycles. The number of carbonyl (C=O) groups excluding carboxylic acids is 1. The Balaban J connectivity index is 2.72. The largest absolute Gasteiger partial charge is 0.330 e. The molecule has 1 amide bonds. The summed E-state index contributed by atoms with van der Waals surface area (Å²) in [4.78, 5) is 11.9. The van der Waals surface area contributed by atoms with Crippen LogP contribution in [0.1, 0.15) is 32.3 Å². The quantitative estimate of drug-likeness (QED) is 0.839. The summed E-state index contributed by atoms with van der Waals surface area (Å²) in [5, 5.41) is 11.5. The van der Waals surface area contributed by atoms with Crippen LogP contribution in [0.3, 0.4) is 0 Å². The molecule has 1 atom stereocenters. The smallest absolute Gasteiger partial charge is 0.224 e. The maximum Gasteiger partial charge on any atom is 0.224 e. The number of nitrogens with two attached hydrogens (primary N) is 1. The van der Waals surface area contributed by atoms with Crippen molar-refractivity contribution in [2.24, 2.45) is 17.6 Å². The van der Waals surface area contributed by atoms with Crippen molar-refractivity contribution in [1.29, 1.82) is 5.26 Å². The third-order valence-corrected chi connectivity index (χ3v) is 3.01. The van der Waals surface area contributed by atoms with Gasteiger partial charge < -0.3 is 11.1 Å². The second kappa shape index (κ2) is 7.61. The molecular weight excluding hydrogens is 257 g/mol. The molecule has 1 aromatic rings. The predicted octanol–water partition coefficient (Wildman–Crippen LogP) is 2.65. The van der Waals surface area contributed by atoms with Crippen LogP contribution < -0.4 is 11.1 Å². The van der Waals surface area contributed by atoms with Crippen LogP contribution in [0.4, 0.5) is 10.1 Å². The maximum absolute atomic E-state index is 13.4. The van der Waals surface area contributed by atoms with Gasteiger partial charge in [0.2, 0.25) is 5.91 Å². The zero-order chi connectivity index (χ0) is 15.1. The second-order valence-corrected chi connectivity index (χ2v) is 5.26. The molecule has 0 aliphatic rings. The number of benzene rings is 1. The summed E-state index contributed by atoms with van der Waals surface area (Å²) in [5.41, 5.74) is 5.71. The molecule has 0 aromatic heterocycles. The fraction of sp³-hybridized carbons (Fsp3) is 0.467. The highest BCUT2D eigenvalue weighted by atomic mass is 19.1. The maximum atomic E-state index is 13.4. The van der Waals surface area contributed by atoms with Gasteiger partial charge in [-0.3, -0.25) is 4.79 Å². The van der Waals surface area contributed by atoms with E-state index in [1.54, 1.807) is 6.07 Å². The van der Waals surface area contributed by atoms with Gasteiger partial charge in [0.25, 0.3) is 0 Å². The first-order valence-electron chi connectivity index (χ1n) is 6.66. The summed E-state index contributed by atoms with van der Waals surface area (Å²) in [6, 6.07) is 5.92. The molecular formula is C15H20FN3O. The number of nitrogens with zero attached hydrogens (tertiary/aromatic N) is 1. The van der Waals surface area contributed by atoms with Crippen LogP contribution in [-0.2, 0) is 4.79 Å². The Hall–Kier alpha value is -1.93. The van der Waals surface area contributed by atoms with Gasteiger partial charge in [0.15, 0.2) is 0 Å². The number of hydrogen-bond donors (Lipinski definition) is 2. The zero-order valence-corrected chi connectivity index (χ0v) is 11.8. The van der Waals surface area contributed by atoms with Gasteiger partial charge in [-0.05, 0) is 36.9 Å². The number of carbonyl (C=O) groups is 1. The van der Waals surface area contributed by atoms with Crippen LogP contribution in [-0.4, -0.2) is 12.5 Å². The Labute approximate surface area is 118 Å². The number of rotatable bonds is 6. The van der Waals surface area contributed by atoms with Crippen molar-refractivity contribution >= 4 is 11.6 Å². The van der Waals surface area contributed by atoms with Crippen LogP contribution in [0.2, 0.25) is 0 Å². The molecule has 5 heteroatoms. The first kappa shape index (κ1) is 16.1. The third kappa shape index (κ3) is 4.63. The highest BCUT2D eigenvalue weighted by Crippen LogP contribution is 2.20. The van der Waals surface area contributed by atoms with Gasteiger partial charge in [-0.25, -0.2) is 4.39 Å². The number of halogens is 1. The molecule has 0 saturated heterocycles. The van der Waals surface area contributed by atoms with Gasteiger partial charge in [0.05, 0.1) is 5.69 Å². The van der Waals surface area contributed by atoms with Gasteiger partial charge in [0.1, 0.15) is 17.4 Å². The number of hydrogen-bond acceptors (Lipinski definition) is 3. The lowest BCUT2D eigenvalue weighted by molar-refractivity contribution is -0.117. The van der Waals surface area contributed by atoms with Crippen molar-refractivity contribution in [2.45, 2.75) is 26.7 Å². The van der Waals surface area contributed by atoms with Crippen molar-refractivity contribution in [3.05, 3.63) is 29.6 Å². The highest BCUT2D eigenvalue weighted by Gasteiger charge is 2.16. The van der Waals surface area contributed by atoms with E-state index in [-0.39, 0.29) is 29.5 Å². The molecule has 0 aliphatic heterocycles. The lowest BCUT2D eigenvalue weighted by atomic mass is 9.94. The summed E-state index contributed by atoms with van der Waals surface area (Å²) in [5.74, 6) is -0.333. The Bertz CT molecular complexity index is 508. The average molecular weight is 277 g/mol. The van der Waals surface area contributed by atoms with E-state index in [0.29, 0.717) is 12.5 Å². The van der Waals surface area contributed by atoms with Gasteiger partial charge in [-0.1, -0.05) is 19.9 Å². The van der Waals surface area contributed by atoms with Gasteiger partial charge in [-0.2, -0.15) is 5.26 Å². The molecule has 0 spiro atoms. The number of nitrogens with one attached hydrogen (secondary N) is 1. The van der Waals surface area contributed by atoms with Crippen molar-refractivity contribution in [1.82, 2.24) is 0 Å². The highest BCUT2D eigenvalue weighted by molar-refractivity contribution is 5.92. The molecule has 0 radical (unpaired) electrons. The van der Waals surface area contributed by atoms with Gasteiger partial charge in [-0.15, -0.1) is 0 Å². The minimum Gasteiger partial charge on any atom is -0.330 e. The average Bonchev–Trinajstić information content (AvgIpc) is 2.37. The first-order valence-corrected chi connectivity index (χ1v) is 6.66. The van der Waals surface area contributed by atoms with Crippen LogP contribution in [0.15, 0.2) is 18.2 Å². The molecule has 0 fully saturated rings. The summed E-state index contributed by atoms with van der Waals surface area (Å²) in [6.45, 7) is 4.57. The van der Waals surface area contributed by atoms with Crippen LogP contribution in [0.5, 0.6) is 0 Å². The number of anilines is 1. The van der Waals surface area contributed by atoms with Crippen molar-refractivity contribution in [3.8, 4) is 6.07 Å². The molecule has 4 nitrogen and oxygen atoms in total. The minimum absolute atomic E-state index is 0.0918. The molecule has 0 bridgehead atoms. The van der Waals surface area contributed by atoms with Gasteiger partial charge in [0, 0.05) is 6.42 Å².